The Balaban J connectivity index is 2.72. The molecule has 0 aliphatic carbocycles. The summed E-state index contributed by atoms with van der Waals surface area (Å²) in [6, 6.07) is 1.81. The van der Waals surface area contributed by atoms with E-state index in [4.69, 9.17) is 9.84 Å². The Labute approximate surface area is 89.5 Å². The minimum Gasteiger partial charge on any atom is -0.461 e. The molecule has 0 saturated carbocycles. The molecule has 0 atom stereocenters. The van der Waals surface area contributed by atoms with Crippen LogP contribution in [0, 0.1) is 0 Å². The molecule has 4 nitrogen and oxygen atoms in total. The van der Waals surface area contributed by atoms with Crippen LogP contribution in [0.1, 0.15) is 29.4 Å². The fraction of sp³-hybridized carbons (Fsp3) is 0.545. The summed E-state index contributed by atoms with van der Waals surface area (Å²) in [7, 11) is 1.81. The highest BCUT2D eigenvalue weighted by Crippen LogP contribution is 2.10. The van der Waals surface area contributed by atoms with E-state index in [1.807, 2.05) is 19.3 Å². The number of aromatic nitrogens is 1. The lowest BCUT2D eigenvalue weighted by Crippen LogP contribution is -2.08. The van der Waals surface area contributed by atoms with Crippen molar-refractivity contribution in [2.75, 3.05) is 13.2 Å². The molecule has 0 unspecified atom stereocenters. The second-order valence-electron chi connectivity index (χ2n) is 3.39. The van der Waals surface area contributed by atoms with E-state index in [2.05, 4.69) is 0 Å². The predicted molar refractivity (Wildman–Crippen MR) is 56.8 cm³/mol. The average Bonchev–Trinajstić information content (AvgIpc) is 2.57. The van der Waals surface area contributed by atoms with Crippen LogP contribution < -0.4 is 0 Å². The Kier molecular flexibility index (Phi) is 4.37. The van der Waals surface area contributed by atoms with Gasteiger partial charge in [0.05, 0.1) is 6.61 Å². The summed E-state index contributed by atoms with van der Waals surface area (Å²) in [5.74, 6) is -0.296. The maximum atomic E-state index is 11.5. The van der Waals surface area contributed by atoms with Gasteiger partial charge in [-0.3, -0.25) is 0 Å². The summed E-state index contributed by atoms with van der Waals surface area (Å²) >= 11 is 0. The van der Waals surface area contributed by atoms with Crippen molar-refractivity contribution >= 4 is 5.97 Å². The molecule has 15 heavy (non-hydrogen) atoms. The van der Waals surface area contributed by atoms with Gasteiger partial charge in [-0.1, -0.05) is 0 Å². The maximum Gasteiger partial charge on any atom is 0.354 e. The van der Waals surface area contributed by atoms with Crippen molar-refractivity contribution in [1.82, 2.24) is 4.57 Å². The molecule has 0 spiro atoms. The number of carbonyl (C=O) groups is 1. The smallest absolute Gasteiger partial charge is 0.354 e. The summed E-state index contributed by atoms with van der Waals surface area (Å²) in [6.07, 6.45) is 3.39. The SMILES string of the molecule is CCOC(=O)c1cc(CCCO)cn1C. The number of esters is 1. The van der Waals surface area contributed by atoms with Crippen LogP contribution in [0.25, 0.3) is 0 Å². The monoisotopic (exact) mass is 211 g/mol. The third-order valence-corrected chi connectivity index (χ3v) is 2.17. The lowest BCUT2D eigenvalue weighted by atomic mass is 10.2. The third-order valence-electron chi connectivity index (χ3n) is 2.17. The van der Waals surface area contributed by atoms with E-state index in [0.29, 0.717) is 18.7 Å². The third kappa shape index (κ3) is 3.09. The minimum absolute atomic E-state index is 0.170. The van der Waals surface area contributed by atoms with Crippen molar-refractivity contribution in [2.24, 2.45) is 7.05 Å². The molecule has 0 aliphatic rings. The number of aryl methyl sites for hydroxylation is 2. The highest BCUT2D eigenvalue weighted by Gasteiger charge is 2.12. The van der Waals surface area contributed by atoms with Crippen molar-refractivity contribution in [2.45, 2.75) is 19.8 Å². The number of ether oxygens (including phenoxy) is 1. The van der Waals surface area contributed by atoms with Crippen molar-refractivity contribution in [3.63, 3.8) is 0 Å². The molecular weight excluding hydrogens is 194 g/mol. The summed E-state index contributed by atoms with van der Waals surface area (Å²) < 4.78 is 6.67. The molecule has 1 rings (SSSR count). The molecule has 1 aromatic heterocycles. The molecule has 0 aromatic carbocycles. The van der Waals surface area contributed by atoms with Gasteiger partial charge >= 0.3 is 5.97 Å². The van der Waals surface area contributed by atoms with E-state index >= 15 is 0 Å². The lowest BCUT2D eigenvalue weighted by molar-refractivity contribution is 0.0515. The predicted octanol–water partition coefficient (Wildman–Crippen LogP) is 1.13. The summed E-state index contributed by atoms with van der Waals surface area (Å²) in [5.41, 5.74) is 1.61. The van der Waals surface area contributed by atoms with Gasteiger partial charge in [0, 0.05) is 19.9 Å². The van der Waals surface area contributed by atoms with E-state index in [9.17, 15) is 4.79 Å². The molecule has 0 fully saturated rings. The van der Waals surface area contributed by atoms with E-state index in [1.54, 1.807) is 11.5 Å². The van der Waals surface area contributed by atoms with Crippen LogP contribution in [0.3, 0.4) is 0 Å². The number of rotatable bonds is 5. The highest BCUT2D eigenvalue weighted by molar-refractivity contribution is 5.88. The van der Waals surface area contributed by atoms with E-state index in [0.717, 1.165) is 12.0 Å². The molecule has 0 saturated heterocycles. The topological polar surface area (TPSA) is 51.5 Å². The van der Waals surface area contributed by atoms with E-state index < -0.39 is 0 Å². The quantitative estimate of drug-likeness (QED) is 0.743. The zero-order chi connectivity index (χ0) is 11.3. The average molecular weight is 211 g/mol. The van der Waals surface area contributed by atoms with Crippen molar-refractivity contribution in [3.8, 4) is 0 Å². The molecule has 1 heterocycles. The Hall–Kier alpha value is -1.29. The van der Waals surface area contributed by atoms with Crippen LogP contribution in [0.2, 0.25) is 0 Å². The Bertz CT molecular complexity index is 331. The number of hydrogen-bond acceptors (Lipinski definition) is 3. The van der Waals surface area contributed by atoms with Crippen LogP contribution in [0.15, 0.2) is 12.3 Å². The molecule has 4 heteroatoms. The second kappa shape index (κ2) is 5.56. The number of hydrogen-bond donors (Lipinski definition) is 1. The first-order valence-corrected chi connectivity index (χ1v) is 5.12. The minimum atomic E-state index is -0.296. The lowest BCUT2D eigenvalue weighted by Gasteiger charge is -2.01. The number of nitrogens with zero attached hydrogens (tertiary/aromatic N) is 1. The molecule has 0 aliphatic heterocycles. The molecule has 84 valence electrons. The van der Waals surface area contributed by atoms with E-state index in [-0.39, 0.29) is 12.6 Å². The Morgan fingerprint density at radius 3 is 2.93 bits per heavy atom. The van der Waals surface area contributed by atoms with Crippen LogP contribution in [0.4, 0.5) is 0 Å². The first kappa shape index (κ1) is 11.8. The van der Waals surface area contributed by atoms with Crippen LogP contribution in [-0.4, -0.2) is 28.9 Å². The van der Waals surface area contributed by atoms with Gasteiger partial charge in [-0.25, -0.2) is 4.79 Å². The summed E-state index contributed by atoms with van der Waals surface area (Å²) in [4.78, 5) is 11.5. The number of carbonyl (C=O) groups excluding carboxylic acids is 1. The zero-order valence-corrected chi connectivity index (χ0v) is 9.19. The molecule has 1 aromatic rings. The van der Waals surface area contributed by atoms with Gasteiger partial charge in [-0.15, -0.1) is 0 Å². The van der Waals surface area contributed by atoms with Gasteiger partial charge in [0.25, 0.3) is 0 Å². The fourth-order valence-corrected chi connectivity index (χ4v) is 1.46. The van der Waals surface area contributed by atoms with Gasteiger partial charge in [0.1, 0.15) is 5.69 Å². The zero-order valence-electron chi connectivity index (χ0n) is 9.19. The maximum absolute atomic E-state index is 11.5. The molecular formula is C11H17NO3. The molecule has 1 N–H and O–H groups in total. The number of aliphatic hydroxyl groups is 1. The van der Waals surface area contributed by atoms with Gasteiger partial charge in [0.2, 0.25) is 0 Å². The largest absolute Gasteiger partial charge is 0.461 e. The molecule has 0 amide bonds. The van der Waals surface area contributed by atoms with Gasteiger partial charge in [-0.2, -0.15) is 0 Å². The van der Waals surface area contributed by atoms with Crippen LogP contribution >= 0.6 is 0 Å². The van der Waals surface area contributed by atoms with Crippen LogP contribution in [0.5, 0.6) is 0 Å². The van der Waals surface area contributed by atoms with Crippen molar-refractivity contribution in [3.05, 3.63) is 23.5 Å². The summed E-state index contributed by atoms with van der Waals surface area (Å²) in [5, 5.41) is 8.70. The van der Waals surface area contributed by atoms with Crippen molar-refractivity contribution in [1.29, 1.82) is 0 Å². The number of aliphatic hydroxyl groups excluding tert-OH is 1. The molecule has 0 bridgehead atoms. The molecule has 0 radical (unpaired) electrons. The van der Waals surface area contributed by atoms with Gasteiger partial charge in [0.15, 0.2) is 0 Å². The highest BCUT2D eigenvalue weighted by atomic mass is 16.5. The van der Waals surface area contributed by atoms with Crippen LogP contribution in [-0.2, 0) is 18.2 Å². The van der Waals surface area contributed by atoms with E-state index in [1.165, 1.54) is 0 Å². The second-order valence-corrected chi connectivity index (χ2v) is 3.39. The van der Waals surface area contributed by atoms with Crippen molar-refractivity contribution < 1.29 is 14.6 Å². The standard InChI is InChI=1S/C11H17NO3/c1-3-15-11(14)10-7-9(5-4-6-13)8-12(10)2/h7-8,13H,3-6H2,1-2H3. The normalized spacial score (nSPS) is 10.3. The summed E-state index contributed by atoms with van der Waals surface area (Å²) in [6.45, 7) is 2.34. The van der Waals surface area contributed by atoms with Gasteiger partial charge < -0.3 is 14.4 Å². The first-order valence-electron chi connectivity index (χ1n) is 5.12. The Morgan fingerprint density at radius 2 is 2.33 bits per heavy atom. The first-order chi connectivity index (χ1) is 7.19. The Morgan fingerprint density at radius 1 is 1.60 bits per heavy atom. The van der Waals surface area contributed by atoms with Gasteiger partial charge in [-0.05, 0) is 31.4 Å². The fourth-order valence-electron chi connectivity index (χ4n) is 1.46.